The topological polar surface area (TPSA) is 72.8 Å². The lowest BCUT2D eigenvalue weighted by atomic mass is 10.1. The maximum Gasteiger partial charge on any atom is 0.306 e. The fourth-order valence-electron chi connectivity index (χ4n) is 4.64. The molecule has 0 aliphatic heterocycles. The SMILES string of the molecule is CCCCC/C=C/C/C=C/CCCCCCCCCC(=O)OC[C@H](CO)OC(=O)CCCCCCCCCCC. The number of ether oxygens (including phenoxy) is 2. The molecule has 5 nitrogen and oxygen atoms in total. The molecule has 0 heterocycles. The molecular weight excluding hydrogens is 500 g/mol. The largest absolute Gasteiger partial charge is 0.462 e. The lowest BCUT2D eigenvalue weighted by Gasteiger charge is -2.15. The van der Waals surface area contributed by atoms with E-state index in [1.165, 1.54) is 96.3 Å². The van der Waals surface area contributed by atoms with Crippen molar-refractivity contribution in [1.29, 1.82) is 0 Å². The molecule has 0 aromatic carbocycles. The summed E-state index contributed by atoms with van der Waals surface area (Å²) in [7, 11) is 0. The Morgan fingerprint density at radius 3 is 1.52 bits per heavy atom. The number of carbonyl (C=O) groups excluding carboxylic acids is 2. The molecule has 0 bridgehead atoms. The van der Waals surface area contributed by atoms with E-state index in [9.17, 15) is 14.7 Å². The minimum absolute atomic E-state index is 0.0669. The molecule has 0 spiro atoms. The van der Waals surface area contributed by atoms with E-state index in [2.05, 4.69) is 38.2 Å². The lowest BCUT2D eigenvalue weighted by molar-refractivity contribution is -0.161. The zero-order valence-corrected chi connectivity index (χ0v) is 26.4. The van der Waals surface area contributed by atoms with Crippen molar-refractivity contribution in [2.45, 2.75) is 174 Å². The third kappa shape index (κ3) is 29.4. The number of rotatable bonds is 30. The van der Waals surface area contributed by atoms with Crippen molar-refractivity contribution in [2.24, 2.45) is 0 Å². The van der Waals surface area contributed by atoms with Crippen LogP contribution in [0.1, 0.15) is 168 Å². The average Bonchev–Trinajstić information content (AvgIpc) is 2.96. The van der Waals surface area contributed by atoms with Gasteiger partial charge in [-0.1, -0.05) is 134 Å². The van der Waals surface area contributed by atoms with Gasteiger partial charge in [-0.05, 0) is 44.9 Å². The van der Waals surface area contributed by atoms with Gasteiger partial charge in [-0.2, -0.15) is 0 Å². The average molecular weight is 565 g/mol. The Hall–Kier alpha value is -1.62. The van der Waals surface area contributed by atoms with E-state index in [0.717, 1.165) is 44.9 Å². The molecule has 0 aliphatic rings. The van der Waals surface area contributed by atoms with Crippen LogP contribution in [0.3, 0.4) is 0 Å². The second-order valence-corrected chi connectivity index (χ2v) is 11.2. The first kappa shape index (κ1) is 38.4. The molecule has 5 heteroatoms. The van der Waals surface area contributed by atoms with Crippen molar-refractivity contribution >= 4 is 11.9 Å². The summed E-state index contributed by atoms with van der Waals surface area (Å²) in [6.45, 7) is 4.07. The van der Waals surface area contributed by atoms with Crippen LogP contribution in [0.4, 0.5) is 0 Å². The van der Waals surface area contributed by atoms with Crippen LogP contribution in [0, 0.1) is 0 Å². The van der Waals surface area contributed by atoms with Crippen LogP contribution in [-0.2, 0) is 19.1 Å². The molecule has 0 radical (unpaired) electrons. The van der Waals surface area contributed by atoms with Crippen molar-refractivity contribution in [1.82, 2.24) is 0 Å². The number of esters is 2. The number of aliphatic hydroxyl groups is 1. The third-order valence-electron chi connectivity index (χ3n) is 7.25. The smallest absolute Gasteiger partial charge is 0.306 e. The van der Waals surface area contributed by atoms with Crippen molar-refractivity contribution in [3.63, 3.8) is 0 Å². The van der Waals surface area contributed by atoms with Crippen molar-refractivity contribution in [3.05, 3.63) is 24.3 Å². The molecular formula is C35H64O5. The predicted molar refractivity (Wildman–Crippen MR) is 168 cm³/mol. The predicted octanol–water partition coefficient (Wildman–Crippen LogP) is 9.95. The highest BCUT2D eigenvalue weighted by Gasteiger charge is 2.16. The highest BCUT2D eigenvalue weighted by molar-refractivity contribution is 5.70. The van der Waals surface area contributed by atoms with Gasteiger partial charge < -0.3 is 14.6 Å². The summed E-state index contributed by atoms with van der Waals surface area (Å²) < 4.78 is 10.5. The van der Waals surface area contributed by atoms with Crippen molar-refractivity contribution in [3.8, 4) is 0 Å². The first-order chi connectivity index (χ1) is 19.6. The van der Waals surface area contributed by atoms with Crippen LogP contribution < -0.4 is 0 Å². The van der Waals surface area contributed by atoms with Gasteiger partial charge in [-0.15, -0.1) is 0 Å². The fourth-order valence-corrected chi connectivity index (χ4v) is 4.64. The van der Waals surface area contributed by atoms with Gasteiger partial charge in [-0.3, -0.25) is 9.59 Å². The van der Waals surface area contributed by atoms with E-state index in [4.69, 9.17) is 9.47 Å². The zero-order chi connectivity index (χ0) is 29.4. The van der Waals surface area contributed by atoms with Crippen molar-refractivity contribution < 1.29 is 24.2 Å². The Morgan fingerprint density at radius 1 is 0.575 bits per heavy atom. The van der Waals surface area contributed by atoms with Crippen molar-refractivity contribution in [2.75, 3.05) is 13.2 Å². The highest BCUT2D eigenvalue weighted by atomic mass is 16.6. The summed E-state index contributed by atoms with van der Waals surface area (Å²) in [6, 6.07) is 0. The number of unbranched alkanes of at least 4 members (excludes halogenated alkanes) is 18. The van der Waals surface area contributed by atoms with E-state index in [0.29, 0.717) is 12.8 Å². The molecule has 0 unspecified atom stereocenters. The van der Waals surface area contributed by atoms with Crippen LogP contribution in [0.2, 0.25) is 0 Å². The molecule has 1 atom stereocenters. The van der Waals surface area contributed by atoms with E-state index in [1.807, 2.05) is 0 Å². The maximum absolute atomic E-state index is 12.0. The monoisotopic (exact) mass is 564 g/mol. The summed E-state index contributed by atoms with van der Waals surface area (Å²) in [4.78, 5) is 24.0. The maximum atomic E-state index is 12.0. The summed E-state index contributed by atoms with van der Waals surface area (Å²) in [5.74, 6) is -0.601. The molecule has 1 N–H and O–H groups in total. The van der Waals surface area contributed by atoms with E-state index in [1.54, 1.807) is 0 Å². The normalized spacial score (nSPS) is 12.4. The molecule has 0 fully saturated rings. The van der Waals surface area contributed by atoms with Gasteiger partial charge in [-0.25, -0.2) is 0 Å². The molecule has 0 saturated heterocycles. The van der Waals surface area contributed by atoms with Crippen LogP contribution in [-0.4, -0.2) is 36.4 Å². The van der Waals surface area contributed by atoms with Gasteiger partial charge in [0.2, 0.25) is 0 Å². The number of carbonyl (C=O) groups is 2. The first-order valence-corrected chi connectivity index (χ1v) is 16.9. The molecule has 0 rings (SSSR count). The van der Waals surface area contributed by atoms with E-state index >= 15 is 0 Å². The molecule has 234 valence electrons. The Morgan fingerprint density at radius 2 is 1.00 bits per heavy atom. The van der Waals surface area contributed by atoms with Crippen LogP contribution in [0.15, 0.2) is 24.3 Å². The number of aliphatic hydroxyl groups excluding tert-OH is 1. The van der Waals surface area contributed by atoms with Gasteiger partial charge in [0.15, 0.2) is 6.10 Å². The molecule has 0 aromatic rings. The fraction of sp³-hybridized carbons (Fsp3) is 0.829. The van der Waals surface area contributed by atoms with Gasteiger partial charge in [0.1, 0.15) is 6.61 Å². The Bertz CT molecular complexity index is 613. The van der Waals surface area contributed by atoms with Gasteiger partial charge >= 0.3 is 11.9 Å². The second-order valence-electron chi connectivity index (χ2n) is 11.2. The van der Waals surface area contributed by atoms with E-state index < -0.39 is 6.10 Å². The summed E-state index contributed by atoms with van der Waals surface area (Å²) >= 11 is 0. The van der Waals surface area contributed by atoms with E-state index in [-0.39, 0.29) is 25.2 Å². The number of allylic oxidation sites excluding steroid dienone is 4. The van der Waals surface area contributed by atoms with Crippen LogP contribution in [0.25, 0.3) is 0 Å². The number of hydrogen-bond acceptors (Lipinski definition) is 5. The minimum Gasteiger partial charge on any atom is -0.462 e. The minimum atomic E-state index is -0.767. The summed E-state index contributed by atoms with van der Waals surface area (Å²) in [5, 5.41) is 9.48. The standard InChI is InChI=1S/C35H64O5/c1-3-5-7-9-11-13-14-15-16-17-18-19-20-22-23-25-27-29-34(37)39-32-33(31-36)40-35(38)30-28-26-24-21-12-10-8-6-4-2/h11,13,15-16,33,36H,3-10,12,14,17-32H2,1-2H3/b13-11+,16-15+/t33-/m0/s1. The highest BCUT2D eigenvalue weighted by Crippen LogP contribution is 2.12. The quantitative estimate of drug-likeness (QED) is 0.0534. The molecule has 0 aliphatic carbocycles. The Kier molecular flexibility index (Phi) is 30.6. The summed E-state index contributed by atoms with van der Waals surface area (Å²) in [6.07, 6.45) is 35.2. The van der Waals surface area contributed by atoms with Crippen LogP contribution in [0.5, 0.6) is 0 Å². The van der Waals surface area contributed by atoms with Gasteiger partial charge in [0, 0.05) is 12.8 Å². The molecule has 0 aromatic heterocycles. The molecule has 0 saturated carbocycles. The Balaban J connectivity index is 3.57. The third-order valence-corrected chi connectivity index (χ3v) is 7.25. The lowest BCUT2D eigenvalue weighted by Crippen LogP contribution is -2.28. The van der Waals surface area contributed by atoms with Crippen LogP contribution >= 0.6 is 0 Å². The Labute approximate surface area is 247 Å². The molecule has 0 amide bonds. The number of hydrogen-bond donors (Lipinski definition) is 1. The van der Waals surface area contributed by atoms with Gasteiger partial charge in [0.25, 0.3) is 0 Å². The molecule has 40 heavy (non-hydrogen) atoms. The van der Waals surface area contributed by atoms with Gasteiger partial charge in [0.05, 0.1) is 6.61 Å². The zero-order valence-electron chi connectivity index (χ0n) is 26.4. The first-order valence-electron chi connectivity index (χ1n) is 16.9. The second kappa shape index (κ2) is 31.9. The summed E-state index contributed by atoms with van der Waals surface area (Å²) in [5.41, 5.74) is 0.